The first kappa shape index (κ1) is 14.3. The summed E-state index contributed by atoms with van der Waals surface area (Å²) in [5.74, 6) is -0.453. The summed E-state index contributed by atoms with van der Waals surface area (Å²) in [5.41, 5.74) is 7.41. The van der Waals surface area contributed by atoms with Crippen molar-refractivity contribution in [2.75, 3.05) is 5.73 Å². The minimum atomic E-state index is -0.453. The largest absolute Gasteiger partial charge is 0.397 e. The molecule has 6 heteroatoms. The Morgan fingerprint density at radius 2 is 2.20 bits per heavy atom. The predicted molar refractivity (Wildman–Crippen MR) is 77.8 cm³/mol. The maximum atomic E-state index is 13.3. The van der Waals surface area contributed by atoms with Gasteiger partial charge in [0, 0.05) is 6.20 Å². The lowest BCUT2D eigenvalue weighted by Gasteiger charge is -2.11. The third-order valence-corrected chi connectivity index (χ3v) is 3.97. The molecule has 0 saturated heterocycles. The summed E-state index contributed by atoms with van der Waals surface area (Å²) in [6, 6.07) is 5.83. The Bertz CT molecular complexity index is 777. The molecule has 1 aromatic carbocycles. The SMILES string of the molecule is Cc1c(N)cn(Cc2cc(F)ccc2C#N)c(=O)c1Br. The van der Waals surface area contributed by atoms with E-state index in [1.165, 1.54) is 29.0 Å². The van der Waals surface area contributed by atoms with Crippen LogP contribution in [-0.2, 0) is 6.54 Å². The normalized spacial score (nSPS) is 10.3. The highest BCUT2D eigenvalue weighted by molar-refractivity contribution is 9.10. The number of nitriles is 1. The molecule has 1 aromatic heterocycles. The Morgan fingerprint density at radius 1 is 1.50 bits per heavy atom. The Morgan fingerprint density at radius 3 is 2.85 bits per heavy atom. The number of hydrogen-bond donors (Lipinski definition) is 1. The zero-order chi connectivity index (χ0) is 14.9. The lowest BCUT2D eigenvalue weighted by molar-refractivity contribution is 0.622. The lowest BCUT2D eigenvalue weighted by atomic mass is 10.1. The van der Waals surface area contributed by atoms with Gasteiger partial charge in [-0.15, -0.1) is 0 Å². The van der Waals surface area contributed by atoms with E-state index in [4.69, 9.17) is 11.0 Å². The number of hydrogen-bond acceptors (Lipinski definition) is 3. The maximum Gasteiger partial charge on any atom is 0.265 e. The average Bonchev–Trinajstić information content (AvgIpc) is 2.43. The molecule has 0 aliphatic rings. The lowest BCUT2D eigenvalue weighted by Crippen LogP contribution is -2.23. The highest BCUT2D eigenvalue weighted by atomic mass is 79.9. The monoisotopic (exact) mass is 335 g/mol. The zero-order valence-corrected chi connectivity index (χ0v) is 12.2. The van der Waals surface area contributed by atoms with Crippen LogP contribution in [0.4, 0.5) is 10.1 Å². The molecule has 0 aliphatic heterocycles. The summed E-state index contributed by atoms with van der Waals surface area (Å²) in [7, 11) is 0. The van der Waals surface area contributed by atoms with Gasteiger partial charge in [0.05, 0.1) is 28.3 Å². The minimum Gasteiger partial charge on any atom is -0.397 e. The Kier molecular flexibility index (Phi) is 3.91. The van der Waals surface area contributed by atoms with Gasteiger partial charge in [0.2, 0.25) is 0 Å². The van der Waals surface area contributed by atoms with Crippen LogP contribution in [-0.4, -0.2) is 4.57 Å². The van der Waals surface area contributed by atoms with Gasteiger partial charge < -0.3 is 10.3 Å². The molecule has 20 heavy (non-hydrogen) atoms. The van der Waals surface area contributed by atoms with Crippen molar-refractivity contribution < 1.29 is 4.39 Å². The van der Waals surface area contributed by atoms with Crippen molar-refractivity contribution in [2.45, 2.75) is 13.5 Å². The molecule has 0 atom stereocenters. The number of aromatic nitrogens is 1. The first-order chi connectivity index (χ1) is 9.43. The van der Waals surface area contributed by atoms with Crippen molar-refractivity contribution in [3.8, 4) is 6.07 Å². The Balaban J connectivity index is 2.54. The van der Waals surface area contributed by atoms with E-state index >= 15 is 0 Å². The number of nitrogens with two attached hydrogens (primary N) is 1. The molecule has 2 rings (SSSR count). The fraction of sp³-hybridized carbons (Fsp3) is 0.143. The van der Waals surface area contributed by atoms with Gasteiger partial charge in [0.15, 0.2) is 0 Å². The fourth-order valence-corrected chi connectivity index (χ4v) is 2.30. The van der Waals surface area contributed by atoms with Crippen LogP contribution in [0.15, 0.2) is 33.7 Å². The fourth-order valence-electron chi connectivity index (χ4n) is 1.84. The van der Waals surface area contributed by atoms with E-state index in [9.17, 15) is 9.18 Å². The molecule has 4 nitrogen and oxygen atoms in total. The smallest absolute Gasteiger partial charge is 0.265 e. The van der Waals surface area contributed by atoms with E-state index in [1.807, 2.05) is 6.07 Å². The van der Waals surface area contributed by atoms with Crippen LogP contribution in [0, 0.1) is 24.1 Å². The first-order valence-corrected chi connectivity index (χ1v) is 6.57. The van der Waals surface area contributed by atoms with E-state index in [0.717, 1.165) is 0 Å². The highest BCUT2D eigenvalue weighted by Crippen LogP contribution is 2.18. The Hall–Kier alpha value is -2.13. The molecule has 0 bridgehead atoms. The van der Waals surface area contributed by atoms with E-state index in [2.05, 4.69) is 15.9 Å². The molecule has 0 saturated carbocycles. The number of halogens is 2. The van der Waals surface area contributed by atoms with E-state index in [0.29, 0.717) is 26.9 Å². The van der Waals surface area contributed by atoms with Gasteiger partial charge in [0.25, 0.3) is 5.56 Å². The molecular weight excluding hydrogens is 325 g/mol. The number of pyridine rings is 1. The van der Waals surface area contributed by atoms with Crippen molar-refractivity contribution in [1.82, 2.24) is 4.57 Å². The van der Waals surface area contributed by atoms with Gasteiger partial charge in [-0.1, -0.05) is 0 Å². The van der Waals surface area contributed by atoms with Gasteiger partial charge in [-0.05, 0) is 52.2 Å². The van der Waals surface area contributed by atoms with Crippen LogP contribution in [0.5, 0.6) is 0 Å². The molecular formula is C14H11BrFN3O. The van der Waals surface area contributed by atoms with Crippen LogP contribution in [0.25, 0.3) is 0 Å². The zero-order valence-electron chi connectivity index (χ0n) is 10.7. The van der Waals surface area contributed by atoms with Crippen LogP contribution in [0.3, 0.4) is 0 Å². The summed E-state index contributed by atoms with van der Waals surface area (Å²) in [6.07, 6.45) is 1.49. The second kappa shape index (κ2) is 5.47. The van der Waals surface area contributed by atoms with Crippen molar-refractivity contribution in [3.63, 3.8) is 0 Å². The third kappa shape index (κ3) is 2.58. The number of rotatable bonds is 2. The van der Waals surface area contributed by atoms with E-state index in [-0.39, 0.29) is 12.1 Å². The molecule has 1 heterocycles. The van der Waals surface area contributed by atoms with Crippen LogP contribution in [0.1, 0.15) is 16.7 Å². The van der Waals surface area contributed by atoms with Crippen LogP contribution in [0.2, 0.25) is 0 Å². The first-order valence-electron chi connectivity index (χ1n) is 5.77. The molecule has 0 amide bonds. The molecule has 0 unspecified atom stereocenters. The summed E-state index contributed by atoms with van der Waals surface area (Å²) >= 11 is 3.19. The minimum absolute atomic E-state index is 0.0859. The van der Waals surface area contributed by atoms with Gasteiger partial charge in [-0.25, -0.2) is 4.39 Å². The van der Waals surface area contributed by atoms with E-state index in [1.54, 1.807) is 6.92 Å². The highest BCUT2D eigenvalue weighted by Gasteiger charge is 2.11. The predicted octanol–water partition coefficient (Wildman–Crippen LogP) is 2.56. The second-order valence-corrected chi connectivity index (χ2v) is 5.16. The quantitative estimate of drug-likeness (QED) is 0.916. The van der Waals surface area contributed by atoms with E-state index < -0.39 is 5.82 Å². The summed E-state index contributed by atoms with van der Waals surface area (Å²) in [4.78, 5) is 12.1. The summed E-state index contributed by atoms with van der Waals surface area (Å²) in [5, 5.41) is 9.02. The van der Waals surface area contributed by atoms with Gasteiger partial charge in [0.1, 0.15) is 5.82 Å². The standard InChI is InChI=1S/C14H11BrFN3O/c1-8-12(18)7-19(14(20)13(8)15)6-10-4-11(16)3-2-9(10)5-17/h2-4,7H,6,18H2,1H3. The molecule has 0 radical (unpaired) electrons. The summed E-state index contributed by atoms with van der Waals surface area (Å²) < 4.78 is 15.0. The number of nitrogens with zero attached hydrogens (tertiary/aromatic N) is 2. The third-order valence-electron chi connectivity index (χ3n) is 3.03. The summed E-state index contributed by atoms with van der Waals surface area (Å²) in [6.45, 7) is 1.82. The van der Waals surface area contributed by atoms with Gasteiger partial charge in [-0.3, -0.25) is 4.79 Å². The van der Waals surface area contributed by atoms with Crippen molar-refractivity contribution >= 4 is 21.6 Å². The Labute approximate surface area is 123 Å². The molecule has 2 N–H and O–H groups in total. The van der Waals surface area contributed by atoms with Crippen molar-refractivity contribution in [2.24, 2.45) is 0 Å². The molecule has 0 aliphatic carbocycles. The van der Waals surface area contributed by atoms with Crippen molar-refractivity contribution in [3.05, 3.63) is 61.7 Å². The number of anilines is 1. The number of benzene rings is 1. The molecule has 102 valence electrons. The van der Waals surface area contributed by atoms with Crippen LogP contribution < -0.4 is 11.3 Å². The molecule has 2 aromatic rings. The average molecular weight is 336 g/mol. The van der Waals surface area contributed by atoms with Gasteiger partial charge >= 0.3 is 0 Å². The topological polar surface area (TPSA) is 71.8 Å². The number of nitrogen functional groups attached to an aromatic ring is 1. The van der Waals surface area contributed by atoms with Crippen molar-refractivity contribution in [1.29, 1.82) is 5.26 Å². The maximum absolute atomic E-state index is 13.3. The second-order valence-electron chi connectivity index (χ2n) is 4.37. The van der Waals surface area contributed by atoms with Crippen LogP contribution >= 0.6 is 15.9 Å². The molecule has 0 fully saturated rings. The van der Waals surface area contributed by atoms with Gasteiger partial charge in [-0.2, -0.15) is 5.26 Å². The molecule has 0 spiro atoms.